The molecular formula is C17H14ClN3O2. The molecule has 0 unspecified atom stereocenters. The zero-order valence-electron chi connectivity index (χ0n) is 12.4. The Labute approximate surface area is 138 Å². The molecule has 0 aliphatic carbocycles. The molecule has 2 heterocycles. The number of benzene rings is 1. The molecule has 23 heavy (non-hydrogen) atoms. The number of pyridine rings is 1. The van der Waals surface area contributed by atoms with E-state index < -0.39 is 0 Å². The monoisotopic (exact) mass is 327 g/mol. The Hall–Kier alpha value is -2.66. The van der Waals surface area contributed by atoms with Gasteiger partial charge in [-0.2, -0.15) is 0 Å². The van der Waals surface area contributed by atoms with Crippen molar-refractivity contribution in [3.8, 4) is 17.1 Å². The van der Waals surface area contributed by atoms with Gasteiger partial charge in [0.2, 0.25) is 0 Å². The van der Waals surface area contributed by atoms with Crippen molar-refractivity contribution in [1.82, 2.24) is 14.5 Å². The summed E-state index contributed by atoms with van der Waals surface area (Å²) in [6, 6.07) is 11.0. The van der Waals surface area contributed by atoms with Gasteiger partial charge in [0.15, 0.2) is 0 Å². The largest absolute Gasteiger partial charge is 0.467 e. The molecule has 0 spiro atoms. The summed E-state index contributed by atoms with van der Waals surface area (Å²) in [5.41, 5.74) is 2.61. The first kappa shape index (κ1) is 15.2. The summed E-state index contributed by atoms with van der Waals surface area (Å²) < 4.78 is 6.59. The number of hydrogen-bond acceptors (Lipinski definition) is 4. The van der Waals surface area contributed by atoms with E-state index in [2.05, 4.69) is 9.97 Å². The highest BCUT2D eigenvalue weighted by atomic mass is 35.5. The van der Waals surface area contributed by atoms with E-state index in [1.165, 1.54) is 13.2 Å². The van der Waals surface area contributed by atoms with Gasteiger partial charge in [-0.1, -0.05) is 23.7 Å². The van der Waals surface area contributed by atoms with Crippen LogP contribution in [0.4, 0.5) is 0 Å². The molecule has 0 bridgehead atoms. The predicted octanol–water partition coefficient (Wildman–Crippen LogP) is 3.02. The van der Waals surface area contributed by atoms with Gasteiger partial charge in [-0.05, 0) is 23.8 Å². The third-order valence-electron chi connectivity index (χ3n) is 3.39. The van der Waals surface area contributed by atoms with Crippen molar-refractivity contribution in [3.63, 3.8) is 0 Å². The SMILES string of the molecule is COc1ncc(-c2ccc(=O)n(Cc3ccc(Cl)cc3)c2)cn1. The van der Waals surface area contributed by atoms with Gasteiger partial charge in [-0.25, -0.2) is 9.97 Å². The van der Waals surface area contributed by atoms with E-state index in [9.17, 15) is 4.79 Å². The van der Waals surface area contributed by atoms with E-state index >= 15 is 0 Å². The molecular weight excluding hydrogens is 314 g/mol. The fourth-order valence-electron chi connectivity index (χ4n) is 2.18. The van der Waals surface area contributed by atoms with Crippen LogP contribution in [-0.4, -0.2) is 21.6 Å². The first-order valence-corrected chi connectivity index (χ1v) is 7.35. The summed E-state index contributed by atoms with van der Waals surface area (Å²) in [5, 5.41) is 0.672. The number of hydrogen-bond donors (Lipinski definition) is 0. The van der Waals surface area contributed by atoms with Crippen LogP contribution in [-0.2, 0) is 6.54 Å². The highest BCUT2D eigenvalue weighted by Gasteiger charge is 2.04. The third-order valence-corrected chi connectivity index (χ3v) is 3.65. The van der Waals surface area contributed by atoms with Crippen molar-refractivity contribution in [2.24, 2.45) is 0 Å². The normalized spacial score (nSPS) is 10.5. The first-order valence-electron chi connectivity index (χ1n) is 6.97. The van der Waals surface area contributed by atoms with Crippen LogP contribution < -0.4 is 10.3 Å². The number of nitrogens with zero attached hydrogens (tertiary/aromatic N) is 3. The summed E-state index contributed by atoms with van der Waals surface area (Å²) in [7, 11) is 1.52. The molecule has 2 aromatic heterocycles. The summed E-state index contributed by atoms with van der Waals surface area (Å²) in [5.74, 6) is 0. The molecule has 3 rings (SSSR count). The molecule has 1 aromatic carbocycles. The number of aromatic nitrogens is 3. The van der Waals surface area contributed by atoms with Crippen molar-refractivity contribution in [2.45, 2.75) is 6.54 Å². The predicted molar refractivity (Wildman–Crippen MR) is 88.8 cm³/mol. The van der Waals surface area contributed by atoms with Crippen LogP contribution in [0.15, 0.2) is 59.8 Å². The Morgan fingerprint density at radius 1 is 1.04 bits per heavy atom. The molecule has 0 saturated carbocycles. The fourth-order valence-corrected chi connectivity index (χ4v) is 2.31. The van der Waals surface area contributed by atoms with Crippen LogP contribution in [0, 0.1) is 0 Å². The van der Waals surface area contributed by atoms with Crippen LogP contribution >= 0.6 is 11.6 Å². The molecule has 0 aliphatic rings. The Morgan fingerprint density at radius 3 is 2.39 bits per heavy atom. The molecule has 6 heteroatoms. The molecule has 0 saturated heterocycles. The minimum Gasteiger partial charge on any atom is -0.467 e. The average molecular weight is 328 g/mol. The van der Waals surface area contributed by atoms with Gasteiger partial charge < -0.3 is 9.30 Å². The highest BCUT2D eigenvalue weighted by molar-refractivity contribution is 6.30. The average Bonchev–Trinajstić information content (AvgIpc) is 2.59. The summed E-state index contributed by atoms with van der Waals surface area (Å²) in [6.45, 7) is 0.473. The van der Waals surface area contributed by atoms with E-state index in [-0.39, 0.29) is 5.56 Å². The second-order valence-corrected chi connectivity index (χ2v) is 5.41. The summed E-state index contributed by atoms with van der Waals surface area (Å²) >= 11 is 5.88. The maximum atomic E-state index is 12.1. The Balaban J connectivity index is 1.91. The maximum absolute atomic E-state index is 12.1. The van der Waals surface area contributed by atoms with E-state index in [1.54, 1.807) is 29.2 Å². The van der Waals surface area contributed by atoms with Gasteiger partial charge in [0.05, 0.1) is 13.7 Å². The molecule has 116 valence electrons. The smallest absolute Gasteiger partial charge is 0.316 e. The lowest BCUT2D eigenvalue weighted by atomic mass is 10.1. The first-order chi connectivity index (χ1) is 11.2. The minimum absolute atomic E-state index is 0.0712. The zero-order valence-corrected chi connectivity index (χ0v) is 13.2. The van der Waals surface area contributed by atoms with E-state index in [4.69, 9.17) is 16.3 Å². The van der Waals surface area contributed by atoms with Crippen LogP contribution in [0.5, 0.6) is 6.01 Å². The van der Waals surface area contributed by atoms with E-state index in [0.29, 0.717) is 17.6 Å². The lowest BCUT2D eigenvalue weighted by Gasteiger charge is -2.09. The topological polar surface area (TPSA) is 57.0 Å². The zero-order chi connectivity index (χ0) is 16.2. The Morgan fingerprint density at radius 2 is 1.74 bits per heavy atom. The van der Waals surface area contributed by atoms with Crippen molar-refractivity contribution in [3.05, 3.63) is 75.9 Å². The lowest BCUT2D eigenvalue weighted by Crippen LogP contribution is -2.19. The second kappa shape index (κ2) is 6.62. The molecule has 5 nitrogen and oxygen atoms in total. The van der Waals surface area contributed by atoms with Gasteiger partial charge in [0, 0.05) is 40.8 Å². The van der Waals surface area contributed by atoms with Crippen LogP contribution in [0.1, 0.15) is 5.56 Å². The maximum Gasteiger partial charge on any atom is 0.316 e. The number of halogens is 1. The lowest BCUT2D eigenvalue weighted by molar-refractivity contribution is 0.380. The standard InChI is InChI=1S/C17H14ClN3O2/c1-23-17-19-8-14(9-20-17)13-4-7-16(22)21(11-13)10-12-2-5-15(18)6-3-12/h2-9,11H,10H2,1H3. The van der Waals surface area contributed by atoms with Crippen molar-refractivity contribution in [1.29, 1.82) is 0 Å². The summed E-state index contributed by atoms with van der Waals surface area (Å²) in [4.78, 5) is 20.2. The number of ether oxygens (including phenoxy) is 1. The summed E-state index contributed by atoms with van der Waals surface area (Å²) in [6.07, 6.45) is 5.12. The highest BCUT2D eigenvalue weighted by Crippen LogP contribution is 2.17. The third kappa shape index (κ3) is 3.57. The van der Waals surface area contributed by atoms with Crippen molar-refractivity contribution < 1.29 is 4.74 Å². The molecule has 3 aromatic rings. The van der Waals surface area contributed by atoms with Crippen molar-refractivity contribution in [2.75, 3.05) is 7.11 Å². The van der Waals surface area contributed by atoms with E-state index in [1.807, 2.05) is 24.3 Å². The van der Waals surface area contributed by atoms with E-state index in [0.717, 1.165) is 16.7 Å². The molecule has 0 atom stereocenters. The van der Waals surface area contributed by atoms with Crippen LogP contribution in [0.3, 0.4) is 0 Å². The molecule has 0 N–H and O–H groups in total. The van der Waals surface area contributed by atoms with Gasteiger partial charge in [0.1, 0.15) is 0 Å². The fraction of sp³-hybridized carbons (Fsp3) is 0.118. The number of methoxy groups -OCH3 is 1. The Bertz CT molecular complexity index is 858. The van der Waals surface area contributed by atoms with Gasteiger partial charge in [-0.15, -0.1) is 0 Å². The van der Waals surface area contributed by atoms with Gasteiger partial charge >= 0.3 is 6.01 Å². The quantitative estimate of drug-likeness (QED) is 0.739. The van der Waals surface area contributed by atoms with Gasteiger partial charge in [0.25, 0.3) is 5.56 Å². The van der Waals surface area contributed by atoms with Crippen LogP contribution in [0.2, 0.25) is 5.02 Å². The molecule has 0 aliphatic heterocycles. The van der Waals surface area contributed by atoms with Gasteiger partial charge in [-0.3, -0.25) is 4.79 Å². The van der Waals surface area contributed by atoms with Crippen LogP contribution in [0.25, 0.3) is 11.1 Å². The molecule has 0 fully saturated rings. The molecule has 0 radical (unpaired) electrons. The van der Waals surface area contributed by atoms with Crippen molar-refractivity contribution >= 4 is 11.6 Å². The molecule has 0 amide bonds. The number of rotatable bonds is 4. The Kier molecular flexibility index (Phi) is 4.39. The second-order valence-electron chi connectivity index (χ2n) is 4.97. The minimum atomic E-state index is -0.0712.